The average molecular weight is 598 g/mol. The summed E-state index contributed by atoms with van der Waals surface area (Å²) < 4.78 is 6.99. The van der Waals surface area contributed by atoms with E-state index in [0.29, 0.717) is 17.2 Å². The van der Waals surface area contributed by atoms with E-state index in [9.17, 15) is 9.59 Å². The zero-order chi connectivity index (χ0) is 27.1. The predicted octanol–water partition coefficient (Wildman–Crippen LogP) is 6.80. The van der Waals surface area contributed by atoms with Crippen LogP contribution in [0.1, 0.15) is 47.9 Å². The van der Waals surface area contributed by atoms with Gasteiger partial charge in [-0.15, -0.1) is 0 Å². The van der Waals surface area contributed by atoms with Crippen LogP contribution in [0.4, 0.5) is 0 Å². The fraction of sp³-hybridized carbons (Fsp3) is 0.355. The van der Waals surface area contributed by atoms with Gasteiger partial charge in [-0.25, -0.2) is 0 Å². The first-order valence-electron chi connectivity index (χ1n) is 13.1. The van der Waals surface area contributed by atoms with E-state index in [2.05, 4.69) is 21.2 Å². The highest BCUT2D eigenvalue weighted by atomic mass is 79.9. The summed E-state index contributed by atoms with van der Waals surface area (Å²) in [4.78, 5) is 29.2. The smallest absolute Gasteiger partial charge is 0.261 e. The Morgan fingerprint density at radius 3 is 2.26 bits per heavy atom. The van der Waals surface area contributed by atoms with Gasteiger partial charge in [0.1, 0.15) is 11.8 Å². The Hall–Kier alpha value is -2.83. The fourth-order valence-corrected chi connectivity index (χ4v) is 5.28. The minimum Gasteiger partial charge on any atom is -0.484 e. The molecule has 0 aromatic heterocycles. The monoisotopic (exact) mass is 596 g/mol. The molecule has 0 aliphatic heterocycles. The van der Waals surface area contributed by atoms with Crippen LogP contribution in [0.5, 0.6) is 5.75 Å². The number of nitrogens with zero attached hydrogens (tertiary/aromatic N) is 1. The second-order valence-corrected chi connectivity index (χ2v) is 11.2. The number of carbonyl (C=O) groups is 2. The molecule has 1 atom stereocenters. The Morgan fingerprint density at radius 2 is 1.63 bits per heavy atom. The minimum absolute atomic E-state index is 0.126. The van der Waals surface area contributed by atoms with Crippen molar-refractivity contribution in [2.24, 2.45) is 0 Å². The van der Waals surface area contributed by atoms with E-state index in [-0.39, 0.29) is 31.0 Å². The first-order chi connectivity index (χ1) is 18.3. The van der Waals surface area contributed by atoms with E-state index in [1.54, 1.807) is 17.0 Å². The predicted molar refractivity (Wildman–Crippen MR) is 155 cm³/mol. The molecule has 4 rings (SSSR count). The molecule has 3 aromatic carbocycles. The van der Waals surface area contributed by atoms with Gasteiger partial charge in [0.15, 0.2) is 6.61 Å². The van der Waals surface area contributed by atoms with Crippen molar-refractivity contribution in [1.82, 2.24) is 10.2 Å². The van der Waals surface area contributed by atoms with Crippen molar-refractivity contribution < 1.29 is 14.3 Å². The normalized spacial score (nSPS) is 14.2. The maximum absolute atomic E-state index is 13.8. The Balaban J connectivity index is 1.61. The Morgan fingerprint density at radius 1 is 1.00 bits per heavy atom. The Kier molecular flexibility index (Phi) is 9.86. The number of hydrogen-bond acceptors (Lipinski definition) is 3. The van der Waals surface area contributed by atoms with Crippen LogP contribution in [0.15, 0.2) is 71.2 Å². The molecule has 1 saturated carbocycles. The van der Waals surface area contributed by atoms with Crippen LogP contribution < -0.4 is 10.1 Å². The zero-order valence-electron chi connectivity index (χ0n) is 21.9. The standard InChI is InChI=1S/C31H34BrClN2O3/c1-21-16-27(17-22(2)30(21)32)38-20-29(36)35(19-24-12-14-25(33)15-13-24)28(18-23-8-4-3-5-9-23)31(37)34-26-10-6-7-11-26/h3-5,8-9,12-17,26,28H,6-7,10-11,18-20H2,1-2H3,(H,34,37)/t28-/m1/s1. The summed E-state index contributed by atoms with van der Waals surface area (Å²) in [5.41, 5.74) is 3.95. The third-order valence-electron chi connectivity index (χ3n) is 7.01. The van der Waals surface area contributed by atoms with Crippen molar-refractivity contribution in [2.45, 2.75) is 64.6 Å². The summed E-state index contributed by atoms with van der Waals surface area (Å²) in [6.45, 7) is 4.08. The maximum atomic E-state index is 13.8. The highest BCUT2D eigenvalue weighted by molar-refractivity contribution is 9.10. The molecule has 2 amide bonds. The van der Waals surface area contributed by atoms with Crippen LogP contribution in [-0.4, -0.2) is 35.4 Å². The van der Waals surface area contributed by atoms with E-state index in [1.165, 1.54) is 0 Å². The molecular weight excluding hydrogens is 564 g/mol. The first-order valence-corrected chi connectivity index (χ1v) is 14.2. The number of ether oxygens (including phenoxy) is 1. The number of hydrogen-bond donors (Lipinski definition) is 1. The van der Waals surface area contributed by atoms with Crippen molar-refractivity contribution in [3.05, 3.63) is 98.5 Å². The second kappa shape index (κ2) is 13.3. The molecule has 1 N–H and O–H groups in total. The highest BCUT2D eigenvalue weighted by Gasteiger charge is 2.32. The molecule has 0 heterocycles. The van der Waals surface area contributed by atoms with Gasteiger partial charge in [0.2, 0.25) is 5.91 Å². The Labute approximate surface area is 238 Å². The van der Waals surface area contributed by atoms with Gasteiger partial charge in [-0.1, -0.05) is 82.8 Å². The van der Waals surface area contributed by atoms with Crippen LogP contribution >= 0.6 is 27.5 Å². The third kappa shape index (κ3) is 7.61. The molecular formula is C31H34BrClN2O3. The van der Waals surface area contributed by atoms with Crippen molar-refractivity contribution in [3.63, 3.8) is 0 Å². The summed E-state index contributed by atoms with van der Waals surface area (Å²) in [6, 6.07) is 20.5. The molecule has 200 valence electrons. The number of halogens is 2. The van der Waals surface area contributed by atoms with Gasteiger partial charge in [0.05, 0.1) is 0 Å². The molecule has 1 aliphatic rings. The topological polar surface area (TPSA) is 58.6 Å². The molecule has 38 heavy (non-hydrogen) atoms. The maximum Gasteiger partial charge on any atom is 0.261 e. The lowest BCUT2D eigenvalue weighted by atomic mass is 10.0. The quantitative estimate of drug-likeness (QED) is 0.280. The minimum atomic E-state index is -0.682. The molecule has 5 nitrogen and oxygen atoms in total. The van der Waals surface area contributed by atoms with Crippen LogP contribution in [0, 0.1) is 13.8 Å². The summed E-state index contributed by atoms with van der Waals surface area (Å²) >= 11 is 9.69. The van der Waals surface area contributed by atoms with E-state index in [1.807, 2.05) is 68.4 Å². The Bertz CT molecular complexity index is 1220. The van der Waals surface area contributed by atoms with E-state index in [4.69, 9.17) is 16.3 Å². The van der Waals surface area contributed by atoms with E-state index < -0.39 is 6.04 Å². The zero-order valence-corrected chi connectivity index (χ0v) is 24.2. The van der Waals surface area contributed by atoms with E-state index >= 15 is 0 Å². The molecule has 0 saturated heterocycles. The van der Waals surface area contributed by atoms with Crippen LogP contribution in [-0.2, 0) is 22.6 Å². The number of benzene rings is 3. The summed E-state index contributed by atoms with van der Waals surface area (Å²) in [5, 5.41) is 3.85. The lowest BCUT2D eigenvalue weighted by molar-refractivity contribution is -0.143. The summed E-state index contributed by atoms with van der Waals surface area (Å²) in [5.74, 6) is 0.247. The summed E-state index contributed by atoms with van der Waals surface area (Å²) in [7, 11) is 0. The van der Waals surface area contributed by atoms with E-state index in [0.717, 1.165) is 52.4 Å². The van der Waals surface area contributed by atoms with Crippen molar-refractivity contribution in [3.8, 4) is 5.75 Å². The highest BCUT2D eigenvalue weighted by Crippen LogP contribution is 2.27. The molecule has 1 fully saturated rings. The molecule has 0 bridgehead atoms. The van der Waals surface area contributed by atoms with Crippen LogP contribution in [0.2, 0.25) is 5.02 Å². The fourth-order valence-electron chi connectivity index (χ4n) is 4.93. The average Bonchev–Trinajstić information content (AvgIpc) is 3.42. The largest absolute Gasteiger partial charge is 0.484 e. The van der Waals surface area contributed by atoms with Gasteiger partial charge in [0, 0.05) is 28.5 Å². The number of carbonyl (C=O) groups excluding carboxylic acids is 2. The molecule has 0 spiro atoms. The van der Waals surface area contributed by atoms with Crippen LogP contribution in [0.3, 0.4) is 0 Å². The molecule has 1 aliphatic carbocycles. The molecule has 0 radical (unpaired) electrons. The van der Waals surface area contributed by atoms with Gasteiger partial charge >= 0.3 is 0 Å². The van der Waals surface area contributed by atoms with Gasteiger partial charge in [0.25, 0.3) is 5.91 Å². The van der Waals surface area contributed by atoms with Crippen molar-refractivity contribution in [2.75, 3.05) is 6.61 Å². The van der Waals surface area contributed by atoms with Gasteiger partial charge in [-0.3, -0.25) is 9.59 Å². The number of aryl methyl sites for hydroxylation is 2. The number of nitrogens with one attached hydrogen (secondary N) is 1. The number of rotatable bonds is 10. The van der Waals surface area contributed by atoms with Crippen molar-refractivity contribution in [1.29, 1.82) is 0 Å². The number of amides is 2. The lowest BCUT2D eigenvalue weighted by Gasteiger charge is -2.32. The molecule has 3 aromatic rings. The lowest BCUT2D eigenvalue weighted by Crippen LogP contribution is -2.53. The van der Waals surface area contributed by atoms with Gasteiger partial charge in [-0.05, 0) is 73.2 Å². The van der Waals surface area contributed by atoms with Crippen LogP contribution in [0.25, 0.3) is 0 Å². The van der Waals surface area contributed by atoms with Crippen molar-refractivity contribution >= 4 is 39.3 Å². The first kappa shape index (κ1) is 28.2. The second-order valence-electron chi connectivity index (χ2n) is 10.0. The third-order valence-corrected chi connectivity index (χ3v) is 8.51. The SMILES string of the molecule is Cc1cc(OCC(=O)N(Cc2ccc(Cl)cc2)[C@H](Cc2ccccc2)C(=O)NC2CCCC2)cc(C)c1Br. The summed E-state index contributed by atoms with van der Waals surface area (Å²) in [6.07, 6.45) is 4.58. The van der Waals surface area contributed by atoms with Gasteiger partial charge < -0.3 is 15.0 Å². The van der Waals surface area contributed by atoms with Gasteiger partial charge in [-0.2, -0.15) is 0 Å². The molecule has 7 heteroatoms. The molecule has 0 unspecified atom stereocenters.